The number of nitrogens with one attached hydrogen (secondary N) is 1. The van der Waals surface area contributed by atoms with Gasteiger partial charge in [0.2, 0.25) is 10.0 Å². The topological polar surface area (TPSA) is 138 Å². The minimum Gasteiger partial charge on any atom is -0.748 e. The van der Waals surface area contributed by atoms with E-state index in [0.29, 0.717) is 32.1 Å². The average Bonchev–Trinajstić information content (AvgIpc) is 2.45. The van der Waals surface area contributed by atoms with E-state index < -0.39 is 51.8 Å². The van der Waals surface area contributed by atoms with Gasteiger partial charge in [-0.25, -0.2) is 30.0 Å². The molecule has 1 N–H and O–H groups in total. The summed E-state index contributed by atoms with van der Waals surface area (Å²) in [7, 11) is -11.5. The number of hydrogen-bond acceptors (Lipinski definition) is 7. The van der Waals surface area contributed by atoms with E-state index in [4.69, 9.17) is 0 Å². The van der Waals surface area contributed by atoms with E-state index in [1.54, 1.807) is 0 Å². The quantitative estimate of drug-likeness (QED) is 0.357. The van der Waals surface area contributed by atoms with Gasteiger partial charge in [0.1, 0.15) is 9.84 Å². The first-order valence-electron chi connectivity index (χ1n) is 8.04. The van der Waals surface area contributed by atoms with Crippen molar-refractivity contribution in [2.45, 2.75) is 73.2 Å². The molecule has 12 heteroatoms. The van der Waals surface area contributed by atoms with E-state index in [1.165, 1.54) is 0 Å². The Bertz CT molecular complexity index is 763. The Labute approximate surface area is 193 Å². The molecule has 0 aliphatic heterocycles. The van der Waals surface area contributed by atoms with Crippen molar-refractivity contribution in [1.82, 2.24) is 4.72 Å². The van der Waals surface area contributed by atoms with Crippen molar-refractivity contribution in [3.8, 4) is 0 Å². The van der Waals surface area contributed by atoms with E-state index in [-0.39, 0.29) is 70.6 Å². The minimum atomic E-state index is -4.43. The second kappa shape index (κ2) is 9.27. The van der Waals surface area contributed by atoms with Crippen LogP contribution in [0.5, 0.6) is 0 Å². The molecule has 0 aromatic rings. The van der Waals surface area contributed by atoms with Crippen LogP contribution in [0.2, 0.25) is 0 Å². The maximum absolute atomic E-state index is 12.5. The molecule has 2 saturated carbocycles. The minimum absolute atomic E-state index is 0. The van der Waals surface area contributed by atoms with Gasteiger partial charge in [0.25, 0.3) is 0 Å². The third-order valence-corrected chi connectivity index (χ3v) is 9.84. The fourth-order valence-corrected chi connectivity index (χ4v) is 7.67. The molecule has 0 heterocycles. The molecule has 0 radical (unpaired) electrons. The number of hydrogen-bond donors (Lipinski definition) is 1. The second-order valence-electron chi connectivity index (χ2n) is 6.88. The second-order valence-corrected chi connectivity index (χ2v) is 12.9. The van der Waals surface area contributed by atoms with Gasteiger partial charge in [-0.3, -0.25) is 0 Å². The van der Waals surface area contributed by atoms with Crippen molar-refractivity contribution in [1.29, 1.82) is 0 Å². The maximum Gasteiger partial charge on any atom is 1.00 e. The summed E-state index contributed by atoms with van der Waals surface area (Å²) < 4.78 is 84.4. The molecule has 2 fully saturated rings. The predicted molar refractivity (Wildman–Crippen MR) is 88.7 cm³/mol. The van der Waals surface area contributed by atoms with Gasteiger partial charge < -0.3 is 4.55 Å². The van der Waals surface area contributed by atoms with E-state index in [0.717, 1.165) is 6.26 Å². The molecule has 0 spiro atoms. The molecule has 142 valence electrons. The summed E-state index contributed by atoms with van der Waals surface area (Å²) in [6.45, 7) is 0. The molecule has 2 aliphatic carbocycles. The van der Waals surface area contributed by atoms with Crippen molar-refractivity contribution < 1.29 is 81.2 Å². The average molecular weight is 442 g/mol. The smallest absolute Gasteiger partial charge is 0.748 e. The summed E-state index contributed by atoms with van der Waals surface area (Å²) in [5.74, 6) is 0. The van der Waals surface area contributed by atoms with Crippen molar-refractivity contribution in [3.63, 3.8) is 0 Å². The molecule has 4 atom stereocenters. The standard InChI is InChI=1S/C13H25NO7S3.K/c1-22(15,16)11-5-3-6-12(9-11)23(17,18)14-10-4-2-7-13(8-10)24(19,20)21;/h10-14H,2-9H2,1H3,(H,19,20,21);/q;+1/p-1. The molecule has 0 aromatic heterocycles. The monoisotopic (exact) mass is 441 g/mol. The number of rotatable bonds is 5. The van der Waals surface area contributed by atoms with E-state index in [2.05, 4.69) is 4.72 Å². The van der Waals surface area contributed by atoms with Crippen LogP contribution in [0.1, 0.15) is 51.4 Å². The Morgan fingerprint density at radius 2 is 1.32 bits per heavy atom. The molecule has 0 bridgehead atoms. The van der Waals surface area contributed by atoms with Crippen LogP contribution in [0.25, 0.3) is 0 Å². The molecule has 8 nitrogen and oxygen atoms in total. The van der Waals surface area contributed by atoms with Gasteiger partial charge in [-0.2, -0.15) is 0 Å². The van der Waals surface area contributed by atoms with Crippen LogP contribution in [-0.4, -0.2) is 57.9 Å². The summed E-state index contributed by atoms with van der Waals surface area (Å²) >= 11 is 0. The van der Waals surface area contributed by atoms with Crippen LogP contribution in [-0.2, 0) is 30.0 Å². The third-order valence-electron chi connectivity index (χ3n) is 4.99. The van der Waals surface area contributed by atoms with Gasteiger partial charge >= 0.3 is 51.4 Å². The van der Waals surface area contributed by atoms with Gasteiger partial charge in [-0.15, -0.1) is 0 Å². The van der Waals surface area contributed by atoms with Crippen molar-refractivity contribution >= 4 is 30.0 Å². The summed E-state index contributed by atoms with van der Waals surface area (Å²) in [4.78, 5) is 0. The Kier molecular flexibility index (Phi) is 9.06. The first kappa shape index (κ1) is 24.4. The van der Waals surface area contributed by atoms with Crippen LogP contribution in [0.15, 0.2) is 0 Å². The third kappa shape index (κ3) is 7.06. The first-order valence-corrected chi connectivity index (χ1v) is 13.0. The van der Waals surface area contributed by atoms with Crippen molar-refractivity contribution in [2.24, 2.45) is 0 Å². The molecular weight excluding hydrogens is 417 g/mol. The van der Waals surface area contributed by atoms with E-state index >= 15 is 0 Å². The summed E-state index contributed by atoms with van der Waals surface area (Å²) in [5, 5.41) is -2.52. The SMILES string of the molecule is CS(=O)(=O)C1CCCC(S(=O)(=O)NC2CCCC(S(=O)(=O)[O-])C2)C1.[K+]. The molecule has 0 aromatic carbocycles. The van der Waals surface area contributed by atoms with Gasteiger partial charge in [-0.05, 0) is 38.5 Å². The summed E-state index contributed by atoms with van der Waals surface area (Å²) in [6, 6.07) is -0.587. The number of sulfonamides is 1. The molecule has 25 heavy (non-hydrogen) atoms. The maximum atomic E-state index is 12.5. The molecule has 2 rings (SSSR count). The first-order chi connectivity index (χ1) is 10.9. The van der Waals surface area contributed by atoms with Crippen LogP contribution in [0, 0.1) is 0 Å². The van der Waals surface area contributed by atoms with Crippen LogP contribution in [0.4, 0.5) is 0 Å². The fourth-order valence-electron chi connectivity index (χ4n) is 3.62. The molecule has 0 saturated heterocycles. The normalized spacial score (nSPS) is 31.9. The van der Waals surface area contributed by atoms with Gasteiger partial charge in [-0.1, -0.05) is 12.8 Å². The Hall–Kier alpha value is 1.41. The number of sulfone groups is 1. The Morgan fingerprint density at radius 1 is 0.800 bits per heavy atom. The summed E-state index contributed by atoms with van der Waals surface area (Å²) in [6.07, 6.45) is 3.73. The van der Waals surface area contributed by atoms with Crippen LogP contribution < -0.4 is 56.1 Å². The van der Waals surface area contributed by atoms with Gasteiger partial charge in [0.15, 0.2) is 0 Å². The van der Waals surface area contributed by atoms with E-state index in [1.807, 2.05) is 0 Å². The van der Waals surface area contributed by atoms with Crippen LogP contribution in [0.3, 0.4) is 0 Å². The van der Waals surface area contributed by atoms with Crippen molar-refractivity contribution in [2.75, 3.05) is 6.26 Å². The van der Waals surface area contributed by atoms with E-state index in [9.17, 15) is 29.8 Å². The van der Waals surface area contributed by atoms with Crippen LogP contribution >= 0.6 is 0 Å². The zero-order valence-electron chi connectivity index (χ0n) is 14.5. The Morgan fingerprint density at radius 3 is 1.88 bits per heavy atom. The van der Waals surface area contributed by atoms with Gasteiger partial charge in [0, 0.05) is 12.3 Å². The largest absolute Gasteiger partial charge is 1.00 e. The zero-order valence-corrected chi connectivity index (χ0v) is 20.1. The molecular formula is C13H24KNO7S3. The molecule has 4 unspecified atom stereocenters. The Balaban J connectivity index is 0.00000312. The van der Waals surface area contributed by atoms with Gasteiger partial charge in [0.05, 0.1) is 25.9 Å². The van der Waals surface area contributed by atoms with Crippen molar-refractivity contribution in [3.05, 3.63) is 0 Å². The molecule has 0 amide bonds. The summed E-state index contributed by atoms with van der Waals surface area (Å²) in [5.41, 5.74) is 0. The fraction of sp³-hybridized carbons (Fsp3) is 1.00. The molecule has 2 aliphatic rings. The predicted octanol–water partition coefficient (Wildman–Crippen LogP) is -2.88. The zero-order chi connectivity index (χ0) is 18.2.